The van der Waals surface area contributed by atoms with Crippen LogP contribution in [0.2, 0.25) is 28.9 Å². The first-order valence-electron chi connectivity index (χ1n) is 17.0. The number of hydrogen-bond acceptors (Lipinski definition) is 0. The van der Waals surface area contributed by atoms with Crippen LogP contribution in [0.4, 0.5) is 13.2 Å². The van der Waals surface area contributed by atoms with Crippen LogP contribution in [0.5, 0.6) is 0 Å². The molecule has 0 radical (unpaired) electrons. The molecule has 250 valence electrons. The van der Waals surface area contributed by atoms with Gasteiger partial charge in [0, 0.05) is 16.5 Å². The second-order valence-corrected chi connectivity index (χ2v) is 46.9. The van der Waals surface area contributed by atoms with Crippen molar-refractivity contribution in [1.29, 1.82) is 0 Å². The van der Waals surface area contributed by atoms with Gasteiger partial charge in [-0.15, -0.1) is 0 Å². The van der Waals surface area contributed by atoms with Crippen LogP contribution in [-0.2, 0) is 33.5 Å². The Labute approximate surface area is 291 Å². The van der Waals surface area contributed by atoms with Crippen LogP contribution in [0.1, 0.15) is 11.1 Å². The predicted octanol–water partition coefficient (Wildman–Crippen LogP) is 9.73. The number of rotatable bonds is 7. The summed E-state index contributed by atoms with van der Waals surface area (Å²) in [7, 11) is -1.77. The molecule has 8 heteroatoms. The molecule has 0 bridgehead atoms. The number of hydrogen-bond donors (Lipinski definition) is 0. The molecule has 15 rings (SSSR count). The Bertz CT molecular complexity index is 2740. The SMILES string of the molecule is FC(F)(F)c1ccccc1[C]12[C]3(Cl)[CH]4[CH]5[C]1(P(c1ccccc1)c1ccccc1)[Fe]45321678[CH]2[CH]1[CH]6[C]7(P(c1ccccc1)c1ccccc1)[CH]28.[Ni]. The Kier molecular flexibility index (Phi) is 2.73. The van der Waals surface area contributed by atoms with Crippen LogP contribution in [0, 0.1) is 0 Å². The van der Waals surface area contributed by atoms with Gasteiger partial charge in [0.1, 0.15) is 0 Å². The molecular weight excluding hydrogens is 761 g/mol. The number of alkyl halides is 4. The molecular formula is C41H30ClF3FeNiP2. The molecule has 5 aromatic carbocycles. The summed E-state index contributed by atoms with van der Waals surface area (Å²) >= 11 is 8.67. The zero-order chi connectivity index (χ0) is 31.9. The van der Waals surface area contributed by atoms with Gasteiger partial charge in [0.2, 0.25) is 0 Å². The summed E-state index contributed by atoms with van der Waals surface area (Å²) in [6.07, 6.45) is -4.43. The second kappa shape index (κ2) is 4.83. The molecule has 0 saturated carbocycles. The van der Waals surface area contributed by atoms with Gasteiger partial charge >= 0.3 is 276 Å². The third-order valence-corrected chi connectivity index (χ3v) is 81.4. The van der Waals surface area contributed by atoms with E-state index in [1.165, 1.54) is 27.3 Å². The average Bonchev–Trinajstić information content (AvgIpc) is 4.08. The Morgan fingerprint density at radius 3 is 1.35 bits per heavy atom. The first-order chi connectivity index (χ1) is 23.1. The standard InChI is InChI=1S/C24H16ClF3P.C17H14P.Fe.Ni/c25-21-15-16-22(23(21)19-13-7-8-14-20(19)24(26,27)28)29(17-9-3-1-4-10-17)18-11-5-2-6-12-18;1-3-9-15(10-4-1)18(17-13-7-8-14-17)16-11-5-2-6-12-16;;/h1-16H;1-14H;;. The van der Waals surface area contributed by atoms with Crippen LogP contribution in [0.25, 0.3) is 0 Å². The minimum Gasteiger partial charge on any atom is 0 e. The van der Waals surface area contributed by atoms with Crippen LogP contribution >= 0.6 is 27.4 Å². The smallest absolute Gasteiger partial charge is 0 e. The van der Waals surface area contributed by atoms with Gasteiger partial charge in [-0.3, -0.25) is 0 Å². The van der Waals surface area contributed by atoms with Gasteiger partial charge in [-0.25, -0.2) is 0 Å². The van der Waals surface area contributed by atoms with Crippen molar-refractivity contribution in [3.8, 4) is 0 Å². The quantitative estimate of drug-likeness (QED) is 0.0876. The van der Waals surface area contributed by atoms with E-state index in [4.69, 9.17) is 11.6 Å². The van der Waals surface area contributed by atoms with Crippen molar-refractivity contribution < 1.29 is 36.2 Å². The van der Waals surface area contributed by atoms with Crippen molar-refractivity contribution in [1.82, 2.24) is 0 Å². The summed E-state index contributed by atoms with van der Waals surface area (Å²) in [4.78, 5) is 3.44. The molecule has 10 aliphatic rings. The fourth-order valence-corrected chi connectivity index (χ4v) is 136. The molecule has 10 heterocycles. The van der Waals surface area contributed by atoms with Gasteiger partial charge in [-0.1, -0.05) is 0 Å². The maximum absolute atomic E-state index is 15.5. The van der Waals surface area contributed by atoms with Gasteiger partial charge in [0.15, 0.2) is 0 Å². The second-order valence-electron chi connectivity index (χ2n) is 17.8. The Morgan fingerprint density at radius 1 is 0.531 bits per heavy atom. The molecule has 0 aliphatic carbocycles. The Balaban J connectivity index is 0.00000256. The summed E-state index contributed by atoms with van der Waals surface area (Å²) in [5.41, 5.74) is 0.228. The summed E-state index contributed by atoms with van der Waals surface area (Å²) in [6, 6.07) is 51.1. The molecule has 10 saturated heterocycles. The van der Waals surface area contributed by atoms with E-state index in [0.717, 1.165) is 0 Å². The molecule has 9 unspecified atom stereocenters. The van der Waals surface area contributed by atoms with Gasteiger partial charge in [-0.2, -0.15) is 0 Å². The van der Waals surface area contributed by atoms with E-state index in [-0.39, 0.29) is 24.6 Å². The van der Waals surface area contributed by atoms with E-state index in [2.05, 4.69) is 121 Å². The molecule has 0 amide bonds. The average molecular weight is 792 g/mol. The third-order valence-electron chi connectivity index (χ3n) is 21.2. The summed E-state index contributed by atoms with van der Waals surface area (Å²) < 4.78 is 45.4. The largest absolute Gasteiger partial charge is 0 e. The molecule has 10 aliphatic heterocycles. The van der Waals surface area contributed by atoms with Crippen molar-refractivity contribution >= 4 is 48.7 Å². The Hall–Kier alpha value is -1.95. The molecule has 0 nitrogen and oxygen atoms in total. The molecule has 0 aromatic heterocycles. The number of halogens is 4. The van der Waals surface area contributed by atoms with Crippen molar-refractivity contribution in [3.05, 3.63) is 157 Å². The predicted molar refractivity (Wildman–Crippen MR) is 188 cm³/mol. The van der Waals surface area contributed by atoms with Crippen LogP contribution in [0.15, 0.2) is 146 Å². The van der Waals surface area contributed by atoms with E-state index in [1.807, 2.05) is 12.1 Å². The van der Waals surface area contributed by atoms with Crippen LogP contribution in [-0.4, -0.2) is 11.9 Å². The zero-order valence-corrected chi connectivity index (χ0v) is 30.5. The fraction of sp³-hybridized carbons (Fsp3) is 0.268. The topological polar surface area (TPSA) is 0 Å². The van der Waals surface area contributed by atoms with Crippen LogP contribution < -0.4 is 21.2 Å². The maximum atomic E-state index is 15.5. The zero-order valence-electron chi connectivity index (χ0n) is 25.9. The van der Waals surface area contributed by atoms with Crippen molar-refractivity contribution in [2.75, 3.05) is 0 Å². The van der Waals surface area contributed by atoms with Crippen molar-refractivity contribution in [2.45, 2.75) is 51.3 Å². The van der Waals surface area contributed by atoms with Gasteiger partial charge < -0.3 is 0 Å². The van der Waals surface area contributed by atoms with E-state index in [0.29, 0.717) is 34.5 Å². The first-order valence-corrected chi connectivity index (χ1v) is 26.1. The van der Waals surface area contributed by atoms with E-state index >= 15 is 13.2 Å². The summed E-state index contributed by atoms with van der Waals surface area (Å²) in [5.74, 6) is 0. The fourth-order valence-electron chi connectivity index (χ4n) is 23.1. The van der Waals surface area contributed by atoms with E-state index in [1.54, 1.807) is 6.07 Å². The molecule has 1 spiro atoms. The minimum atomic E-state index is -5.40. The maximum Gasteiger partial charge on any atom is 0 e. The van der Waals surface area contributed by atoms with Crippen molar-refractivity contribution in [3.63, 3.8) is 0 Å². The van der Waals surface area contributed by atoms with E-state index < -0.39 is 42.2 Å². The normalized spacial score (nSPS) is 53.7. The molecule has 10 fully saturated rings. The Morgan fingerprint density at radius 2 is 0.939 bits per heavy atom. The molecule has 5 aromatic rings. The minimum absolute atomic E-state index is 0. The van der Waals surface area contributed by atoms with E-state index in [9.17, 15) is 0 Å². The molecule has 0 N–H and O–H groups in total. The first kappa shape index (κ1) is 27.7. The third kappa shape index (κ3) is 0.796. The van der Waals surface area contributed by atoms with Gasteiger partial charge in [0.25, 0.3) is 0 Å². The van der Waals surface area contributed by atoms with Crippen LogP contribution in [0.3, 0.4) is 0 Å². The summed E-state index contributed by atoms with van der Waals surface area (Å²) in [6.45, 7) is -5.40. The van der Waals surface area contributed by atoms with Gasteiger partial charge in [0.05, 0.1) is 0 Å². The van der Waals surface area contributed by atoms with Gasteiger partial charge in [-0.05, 0) is 0 Å². The number of benzene rings is 5. The molecule has 49 heavy (non-hydrogen) atoms. The summed E-state index contributed by atoms with van der Waals surface area (Å²) in [5, 5.41) is 5.50. The van der Waals surface area contributed by atoms with Crippen molar-refractivity contribution in [2.24, 2.45) is 0 Å². The monoisotopic (exact) mass is 790 g/mol. The molecule has 9 atom stereocenters. The number of fused-ring (bicyclic) bond motifs is 10.